The maximum atomic E-state index is 13.9. The molecular weight excluding hydrogens is 391 g/mol. The van der Waals surface area contributed by atoms with Crippen LogP contribution in [0.25, 0.3) is 11.2 Å². The Morgan fingerprint density at radius 2 is 1.94 bits per heavy atom. The number of imidazole rings is 1. The Balaban J connectivity index is 1.70. The first-order chi connectivity index (χ1) is 14.7. The summed E-state index contributed by atoms with van der Waals surface area (Å²) in [7, 11) is 0. The highest BCUT2D eigenvalue weighted by atomic mass is 19.1. The summed E-state index contributed by atoms with van der Waals surface area (Å²) < 4.78 is 15.9. The molecule has 3 aromatic rings. The highest BCUT2D eigenvalue weighted by Crippen LogP contribution is 2.28. The van der Waals surface area contributed by atoms with Crippen LogP contribution in [-0.4, -0.2) is 32.6 Å². The molecule has 1 aliphatic carbocycles. The van der Waals surface area contributed by atoms with Crippen molar-refractivity contribution < 1.29 is 4.39 Å². The fourth-order valence-corrected chi connectivity index (χ4v) is 4.19. The zero-order valence-corrected chi connectivity index (χ0v) is 18.4. The van der Waals surface area contributed by atoms with Gasteiger partial charge < -0.3 is 15.6 Å². The van der Waals surface area contributed by atoms with E-state index in [0.717, 1.165) is 42.8 Å². The highest BCUT2D eigenvalue weighted by Gasteiger charge is 2.20. The van der Waals surface area contributed by atoms with Gasteiger partial charge in [0.2, 0.25) is 0 Å². The van der Waals surface area contributed by atoms with Crippen molar-refractivity contribution in [3.8, 4) is 12.3 Å². The molecule has 4 rings (SSSR count). The van der Waals surface area contributed by atoms with Gasteiger partial charge in [-0.3, -0.25) is 0 Å². The topological polar surface area (TPSA) is 81.7 Å². The van der Waals surface area contributed by atoms with Gasteiger partial charge in [-0.15, -0.1) is 6.42 Å². The second-order valence-electron chi connectivity index (χ2n) is 9.42. The molecule has 0 unspecified atom stereocenters. The van der Waals surface area contributed by atoms with Crippen molar-refractivity contribution in [3.05, 3.63) is 46.3 Å². The van der Waals surface area contributed by atoms with E-state index in [1.54, 1.807) is 0 Å². The van der Waals surface area contributed by atoms with Crippen molar-refractivity contribution in [1.82, 2.24) is 24.8 Å². The number of aryl methyl sites for hydroxylation is 2. The average Bonchev–Trinajstić information content (AvgIpc) is 3.28. The summed E-state index contributed by atoms with van der Waals surface area (Å²) in [5, 5.41) is 3.46. The summed E-state index contributed by atoms with van der Waals surface area (Å²) in [6.45, 7) is 8.69. The van der Waals surface area contributed by atoms with Crippen LogP contribution >= 0.6 is 0 Å². The molecule has 1 aromatic carbocycles. The Kier molecular flexibility index (Phi) is 5.67. The molecule has 0 bridgehead atoms. The number of terminal acetylenes is 1. The molecular formula is C24H29FN6. The Labute approximate surface area is 182 Å². The molecule has 2 aromatic heterocycles. The molecule has 0 aliphatic heterocycles. The second-order valence-corrected chi connectivity index (χ2v) is 9.42. The number of nitrogens with two attached hydrogens (primary N) is 1. The minimum atomic E-state index is -0.845. The van der Waals surface area contributed by atoms with E-state index in [-0.39, 0.29) is 11.2 Å². The van der Waals surface area contributed by atoms with Crippen LogP contribution in [0.4, 0.5) is 10.2 Å². The van der Waals surface area contributed by atoms with Crippen molar-refractivity contribution in [2.24, 2.45) is 5.41 Å². The van der Waals surface area contributed by atoms with Gasteiger partial charge >= 0.3 is 6.08 Å². The van der Waals surface area contributed by atoms with Crippen LogP contribution in [0.1, 0.15) is 55.3 Å². The van der Waals surface area contributed by atoms with Crippen LogP contribution in [0.15, 0.2) is 12.1 Å². The normalized spacial score (nSPS) is 13.5. The van der Waals surface area contributed by atoms with E-state index in [1.807, 2.05) is 4.57 Å². The van der Waals surface area contributed by atoms with Crippen LogP contribution in [0.5, 0.6) is 0 Å². The Hall–Kier alpha value is -2.98. The lowest BCUT2D eigenvalue weighted by molar-refractivity contribution is 0.375. The van der Waals surface area contributed by atoms with E-state index in [0.29, 0.717) is 30.7 Å². The number of hydrogen-bond donors (Lipinski definition) is 2. The number of fused-ring (bicyclic) bond motifs is 2. The fraction of sp³-hybridized carbons (Fsp3) is 0.458. The van der Waals surface area contributed by atoms with Gasteiger partial charge in [-0.1, -0.05) is 32.8 Å². The van der Waals surface area contributed by atoms with E-state index in [1.165, 1.54) is 11.1 Å². The summed E-state index contributed by atoms with van der Waals surface area (Å²) in [6.07, 6.45) is 8.81. The van der Waals surface area contributed by atoms with Gasteiger partial charge in [0.05, 0.1) is 0 Å². The molecule has 162 valence electrons. The van der Waals surface area contributed by atoms with Gasteiger partial charge in [0.1, 0.15) is 5.82 Å². The van der Waals surface area contributed by atoms with Gasteiger partial charge in [0.25, 0.3) is 0 Å². The van der Waals surface area contributed by atoms with Crippen molar-refractivity contribution in [2.45, 2.75) is 53.0 Å². The van der Waals surface area contributed by atoms with Gasteiger partial charge in [-0.05, 0) is 47.4 Å². The Bertz CT molecular complexity index is 1170. The molecule has 7 heteroatoms. The van der Waals surface area contributed by atoms with Crippen LogP contribution in [-0.2, 0) is 25.8 Å². The van der Waals surface area contributed by atoms with Gasteiger partial charge in [-0.2, -0.15) is 14.4 Å². The van der Waals surface area contributed by atoms with Gasteiger partial charge in [0.15, 0.2) is 17.0 Å². The summed E-state index contributed by atoms with van der Waals surface area (Å²) in [5.41, 5.74) is 11.6. The van der Waals surface area contributed by atoms with Crippen LogP contribution in [0, 0.1) is 23.8 Å². The molecule has 31 heavy (non-hydrogen) atoms. The molecule has 0 saturated carbocycles. The van der Waals surface area contributed by atoms with E-state index >= 15 is 0 Å². The van der Waals surface area contributed by atoms with Crippen LogP contribution in [0.2, 0.25) is 0 Å². The maximum absolute atomic E-state index is 13.9. The lowest BCUT2D eigenvalue weighted by Crippen LogP contribution is -2.30. The third-order valence-electron chi connectivity index (χ3n) is 5.66. The molecule has 0 atom stereocenters. The first-order valence-electron chi connectivity index (χ1n) is 10.8. The molecule has 3 N–H and O–H groups in total. The standard InChI is InChI=1S/C24H29FN6/c1-5-15-11-16-7-6-8-17(16)12-18(15)13-19-28-20-21(26)29-23(25)30-22(20)31(19)10-9-27-14-24(2,3)4/h1,11-12,27H,6-10,13-14H2,2-4H3,(H2,26,29,30). The molecule has 0 fully saturated rings. The van der Waals surface area contributed by atoms with Gasteiger partial charge in [0, 0.05) is 31.6 Å². The number of nitrogens with zero attached hydrogens (tertiary/aromatic N) is 4. The lowest BCUT2D eigenvalue weighted by Gasteiger charge is -2.19. The first kappa shape index (κ1) is 21.3. The third-order valence-corrected chi connectivity index (χ3v) is 5.66. The highest BCUT2D eigenvalue weighted by molar-refractivity contribution is 5.82. The van der Waals surface area contributed by atoms with Crippen LogP contribution < -0.4 is 11.1 Å². The number of nitrogen functional groups attached to an aromatic ring is 1. The SMILES string of the molecule is C#Cc1cc2c(cc1Cc1nc3c(N)nc(F)nc3n1CCNCC(C)(C)C)CCC2. The lowest BCUT2D eigenvalue weighted by atomic mass is 9.97. The quantitative estimate of drug-likeness (QED) is 0.363. The monoisotopic (exact) mass is 420 g/mol. The first-order valence-corrected chi connectivity index (χ1v) is 10.8. The molecule has 0 radical (unpaired) electrons. The van der Waals surface area contributed by atoms with Crippen molar-refractivity contribution in [3.63, 3.8) is 0 Å². The predicted octanol–water partition coefficient (Wildman–Crippen LogP) is 3.24. The smallest absolute Gasteiger partial charge is 0.312 e. The molecule has 2 heterocycles. The van der Waals surface area contributed by atoms with Crippen molar-refractivity contribution in [2.75, 3.05) is 18.8 Å². The molecule has 6 nitrogen and oxygen atoms in total. The fourth-order valence-electron chi connectivity index (χ4n) is 4.19. The number of rotatable bonds is 6. The molecule has 0 spiro atoms. The Morgan fingerprint density at radius 1 is 1.19 bits per heavy atom. The minimum absolute atomic E-state index is 0.0521. The number of aromatic nitrogens is 4. The number of anilines is 1. The minimum Gasteiger partial charge on any atom is -0.382 e. The largest absolute Gasteiger partial charge is 0.382 e. The van der Waals surface area contributed by atoms with E-state index in [4.69, 9.17) is 17.1 Å². The summed E-state index contributed by atoms with van der Waals surface area (Å²) in [6, 6.07) is 4.33. The molecule has 1 aliphatic rings. The van der Waals surface area contributed by atoms with Crippen molar-refractivity contribution in [1.29, 1.82) is 0 Å². The summed E-state index contributed by atoms with van der Waals surface area (Å²) in [5.74, 6) is 3.64. The second kappa shape index (κ2) is 8.27. The zero-order chi connectivity index (χ0) is 22.2. The third kappa shape index (κ3) is 4.54. The predicted molar refractivity (Wildman–Crippen MR) is 121 cm³/mol. The number of hydrogen-bond acceptors (Lipinski definition) is 5. The maximum Gasteiger partial charge on any atom is 0.312 e. The summed E-state index contributed by atoms with van der Waals surface area (Å²) in [4.78, 5) is 12.3. The van der Waals surface area contributed by atoms with E-state index < -0.39 is 6.08 Å². The average molecular weight is 421 g/mol. The molecule has 0 amide bonds. The van der Waals surface area contributed by atoms with Crippen LogP contribution in [0.3, 0.4) is 0 Å². The Morgan fingerprint density at radius 3 is 2.65 bits per heavy atom. The summed E-state index contributed by atoms with van der Waals surface area (Å²) >= 11 is 0. The van der Waals surface area contributed by atoms with Gasteiger partial charge in [-0.25, -0.2) is 4.98 Å². The van der Waals surface area contributed by atoms with E-state index in [9.17, 15) is 4.39 Å². The number of halogens is 1. The van der Waals surface area contributed by atoms with Crippen molar-refractivity contribution >= 4 is 17.0 Å². The number of benzene rings is 1. The molecule has 0 saturated heterocycles. The number of nitrogens with one attached hydrogen (secondary N) is 1. The van der Waals surface area contributed by atoms with E-state index in [2.05, 4.69) is 54.1 Å². The zero-order valence-electron chi connectivity index (χ0n) is 18.4.